The summed E-state index contributed by atoms with van der Waals surface area (Å²) in [7, 11) is 0. The average molecular weight is 362 g/mol. The molecule has 0 radical (unpaired) electrons. The van der Waals surface area contributed by atoms with Gasteiger partial charge in [-0.2, -0.15) is 32.9 Å². The number of H-pyrrole nitrogens is 1. The number of carbonyl (C=O) groups excluding carboxylic acids is 1. The van der Waals surface area contributed by atoms with E-state index in [4.69, 9.17) is 5.73 Å². The van der Waals surface area contributed by atoms with E-state index >= 15 is 0 Å². The molecule has 1 aromatic carbocycles. The first-order valence-electron chi connectivity index (χ1n) is 7.16. The molecule has 0 unspecified atom stereocenters. The molecule has 0 aliphatic carbocycles. The van der Waals surface area contributed by atoms with Gasteiger partial charge in [-0.05, 0) is 18.2 Å². The Hall–Kier alpha value is -3.70. The normalized spacial score (nSPS) is 12.0. The lowest BCUT2D eigenvalue weighted by molar-refractivity contribution is -0.141. The zero-order valence-corrected chi connectivity index (χ0v) is 12.7. The summed E-state index contributed by atoms with van der Waals surface area (Å²) >= 11 is 0. The van der Waals surface area contributed by atoms with Gasteiger partial charge in [-0.1, -0.05) is 0 Å². The fourth-order valence-corrected chi connectivity index (χ4v) is 2.47. The first kappa shape index (κ1) is 15.8. The number of benzene rings is 1. The van der Waals surface area contributed by atoms with Gasteiger partial charge in [0, 0.05) is 17.1 Å². The fraction of sp³-hybridized carbons (Fsp3) is 0.0714. The number of anilines is 2. The number of rotatable bonds is 3. The van der Waals surface area contributed by atoms with Crippen molar-refractivity contribution in [2.24, 2.45) is 5.73 Å². The Balaban J connectivity index is 1.82. The molecule has 0 aliphatic heterocycles. The van der Waals surface area contributed by atoms with E-state index < -0.39 is 17.8 Å². The highest BCUT2D eigenvalue weighted by molar-refractivity contribution is 6.04. The Bertz CT molecular complexity index is 1150. The van der Waals surface area contributed by atoms with Crippen LogP contribution in [-0.2, 0) is 6.18 Å². The van der Waals surface area contributed by atoms with E-state index in [1.54, 1.807) is 12.1 Å². The first-order valence-corrected chi connectivity index (χ1v) is 7.16. The molecule has 9 nitrogen and oxygen atoms in total. The molecular formula is C14H9F3N8O. The van der Waals surface area contributed by atoms with E-state index in [1.165, 1.54) is 6.07 Å². The summed E-state index contributed by atoms with van der Waals surface area (Å²) in [5.74, 6) is -0.928. The summed E-state index contributed by atoms with van der Waals surface area (Å²) in [6.07, 6.45) is -3.55. The van der Waals surface area contributed by atoms with Crippen LogP contribution in [0, 0.1) is 0 Å². The van der Waals surface area contributed by atoms with Gasteiger partial charge in [-0.3, -0.25) is 9.89 Å². The van der Waals surface area contributed by atoms with Crippen LogP contribution in [0.2, 0.25) is 0 Å². The summed E-state index contributed by atoms with van der Waals surface area (Å²) in [5.41, 5.74) is 5.13. The van der Waals surface area contributed by atoms with Gasteiger partial charge in [0.05, 0.1) is 5.52 Å². The molecular weight excluding hydrogens is 353 g/mol. The highest BCUT2D eigenvalue weighted by Crippen LogP contribution is 2.31. The number of amides is 1. The molecule has 0 saturated carbocycles. The number of nitrogens with two attached hydrogens (primary N) is 1. The van der Waals surface area contributed by atoms with E-state index in [9.17, 15) is 18.0 Å². The minimum absolute atomic E-state index is 0.00305. The molecule has 132 valence electrons. The van der Waals surface area contributed by atoms with Crippen molar-refractivity contribution in [3.8, 4) is 0 Å². The van der Waals surface area contributed by atoms with Gasteiger partial charge < -0.3 is 11.1 Å². The molecule has 4 aromatic rings. The third-order valence-corrected chi connectivity index (χ3v) is 3.61. The van der Waals surface area contributed by atoms with Crippen LogP contribution in [0.25, 0.3) is 16.7 Å². The van der Waals surface area contributed by atoms with E-state index in [0.29, 0.717) is 16.6 Å². The van der Waals surface area contributed by atoms with Crippen LogP contribution in [0.3, 0.4) is 0 Å². The van der Waals surface area contributed by atoms with Crippen molar-refractivity contribution in [2.75, 3.05) is 5.32 Å². The highest BCUT2D eigenvalue weighted by Gasteiger charge is 2.34. The number of primary amides is 1. The van der Waals surface area contributed by atoms with Crippen molar-refractivity contribution >= 4 is 34.1 Å². The van der Waals surface area contributed by atoms with Crippen molar-refractivity contribution in [1.29, 1.82) is 0 Å². The molecule has 26 heavy (non-hydrogen) atoms. The van der Waals surface area contributed by atoms with Gasteiger partial charge in [-0.25, -0.2) is 4.98 Å². The molecule has 0 atom stereocenters. The number of nitrogens with one attached hydrogen (secondary N) is 2. The largest absolute Gasteiger partial charge is 0.433 e. The number of nitrogens with zero attached hydrogens (tertiary/aromatic N) is 5. The lowest BCUT2D eigenvalue weighted by Crippen LogP contribution is -2.12. The molecule has 3 aromatic heterocycles. The van der Waals surface area contributed by atoms with Gasteiger partial charge in [-0.15, -0.1) is 0 Å². The number of carbonyl (C=O) groups is 1. The van der Waals surface area contributed by atoms with Crippen LogP contribution in [0.4, 0.5) is 24.7 Å². The fourth-order valence-electron chi connectivity index (χ4n) is 2.47. The number of aromatic amines is 1. The van der Waals surface area contributed by atoms with Crippen molar-refractivity contribution in [3.05, 3.63) is 42.0 Å². The predicted octanol–water partition coefficient (Wildman–Crippen LogP) is 1.86. The van der Waals surface area contributed by atoms with Gasteiger partial charge in [0.2, 0.25) is 0 Å². The quantitative estimate of drug-likeness (QED) is 0.511. The maximum absolute atomic E-state index is 13.0. The first-order chi connectivity index (χ1) is 12.3. The standard InChI is InChI=1S/C14H9F3N8O/c15-14(16,17)9-4-10(25-13(22-9)19-5-20-25)21-6-1-2-8-7(3-6)11(12(18)26)24-23-8/h1-5,21H,(H2,18,26)(H,23,24). The molecule has 0 aliphatic rings. The number of fused-ring (bicyclic) bond motifs is 2. The SMILES string of the molecule is NC(=O)c1n[nH]c2ccc(Nc3cc(C(F)(F)F)nc4ncnn34)cc12. The van der Waals surface area contributed by atoms with Crippen LogP contribution >= 0.6 is 0 Å². The molecule has 4 rings (SSSR count). The van der Waals surface area contributed by atoms with Crippen LogP contribution < -0.4 is 11.1 Å². The zero-order valence-electron chi connectivity index (χ0n) is 12.7. The van der Waals surface area contributed by atoms with Crippen LogP contribution in [0.1, 0.15) is 16.2 Å². The lowest BCUT2D eigenvalue weighted by Gasteiger charge is -2.11. The summed E-state index contributed by atoms with van der Waals surface area (Å²) < 4.78 is 40.2. The number of hydrogen-bond donors (Lipinski definition) is 3. The molecule has 0 spiro atoms. The summed E-state index contributed by atoms with van der Waals surface area (Å²) in [4.78, 5) is 18.5. The third kappa shape index (κ3) is 2.56. The highest BCUT2D eigenvalue weighted by atomic mass is 19.4. The minimum atomic E-state index is -4.64. The van der Waals surface area contributed by atoms with Crippen molar-refractivity contribution < 1.29 is 18.0 Å². The van der Waals surface area contributed by atoms with Gasteiger partial charge in [0.25, 0.3) is 11.7 Å². The predicted molar refractivity (Wildman–Crippen MR) is 83.7 cm³/mol. The van der Waals surface area contributed by atoms with E-state index in [1.807, 2.05) is 0 Å². The van der Waals surface area contributed by atoms with Crippen molar-refractivity contribution in [3.63, 3.8) is 0 Å². The monoisotopic (exact) mass is 362 g/mol. The van der Waals surface area contributed by atoms with E-state index in [-0.39, 0.29) is 17.3 Å². The van der Waals surface area contributed by atoms with Crippen molar-refractivity contribution in [2.45, 2.75) is 6.18 Å². The third-order valence-electron chi connectivity index (χ3n) is 3.61. The topological polar surface area (TPSA) is 127 Å². The van der Waals surface area contributed by atoms with Crippen molar-refractivity contribution in [1.82, 2.24) is 29.8 Å². The second-order valence-corrected chi connectivity index (χ2v) is 5.32. The summed E-state index contributed by atoms with van der Waals surface area (Å²) in [6, 6.07) is 5.56. The number of aromatic nitrogens is 6. The molecule has 3 heterocycles. The Morgan fingerprint density at radius 1 is 1.27 bits per heavy atom. The molecule has 12 heteroatoms. The molecule has 4 N–H and O–H groups in total. The average Bonchev–Trinajstić information content (AvgIpc) is 3.19. The van der Waals surface area contributed by atoms with Crippen LogP contribution in [0.15, 0.2) is 30.6 Å². The number of halogens is 3. The minimum Gasteiger partial charge on any atom is -0.364 e. The lowest BCUT2D eigenvalue weighted by atomic mass is 10.2. The second kappa shape index (κ2) is 5.40. The number of alkyl halides is 3. The Kier molecular flexibility index (Phi) is 3.29. The zero-order chi connectivity index (χ0) is 18.5. The van der Waals surface area contributed by atoms with Gasteiger partial charge in [0.1, 0.15) is 12.1 Å². The Labute approximate surface area is 142 Å². The molecule has 0 saturated heterocycles. The second-order valence-electron chi connectivity index (χ2n) is 5.32. The van der Waals surface area contributed by atoms with Gasteiger partial charge >= 0.3 is 6.18 Å². The maximum atomic E-state index is 13.0. The van der Waals surface area contributed by atoms with E-state index in [2.05, 4.69) is 30.6 Å². The van der Waals surface area contributed by atoms with Gasteiger partial charge in [0.15, 0.2) is 11.4 Å². The molecule has 0 bridgehead atoms. The van der Waals surface area contributed by atoms with Crippen LogP contribution in [0.5, 0.6) is 0 Å². The molecule has 0 fully saturated rings. The smallest absolute Gasteiger partial charge is 0.364 e. The Morgan fingerprint density at radius 2 is 2.08 bits per heavy atom. The van der Waals surface area contributed by atoms with Crippen LogP contribution in [-0.4, -0.2) is 35.7 Å². The summed E-state index contributed by atoms with van der Waals surface area (Å²) in [6.45, 7) is 0. The Morgan fingerprint density at radius 3 is 2.81 bits per heavy atom. The summed E-state index contributed by atoms with van der Waals surface area (Å²) in [5, 5.41) is 13.6. The number of hydrogen-bond acceptors (Lipinski definition) is 6. The molecule has 1 amide bonds. The van der Waals surface area contributed by atoms with E-state index in [0.717, 1.165) is 16.9 Å². The maximum Gasteiger partial charge on any atom is 0.433 e.